The Morgan fingerprint density at radius 1 is 1.13 bits per heavy atom. The van der Waals surface area contributed by atoms with Gasteiger partial charge >= 0.3 is 5.15 Å². The average Bonchev–Trinajstić information content (AvgIpc) is 2.25. The molecule has 1 heterocycles. The van der Waals surface area contributed by atoms with Crippen molar-refractivity contribution >= 4 is 11.6 Å². The van der Waals surface area contributed by atoms with Crippen molar-refractivity contribution in [2.75, 3.05) is 0 Å². The molecule has 0 aliphatic carbocycles. The van der Waals surface area contributed by atoms with Gasteiger partial charge in [-0.25, -0.2) is 0 Å². The molecule has 2 rings (SSSR count). The van der Waals surface area contributed by atoms with Crippen LogP contribution in [0.2, 0.25) is 5.15 Å². The fraction of sp³-hybridized carbons (Fsp3) is 0. The first-order chi connectivity index (χ1) is 7.25. The smallest absolute Gasteiger partial charge is 0.313 e. The topological polar surface area (TPSA) is 49.1 Å². The van der Waals surface area contributed by atoms with Crippen molar-refractivity contribution in [2.24, 2.45) is 0 Å². The van der Waals surface area contributed by atoms with Gasteiger partial charge in [-0.2, -0.15) is 0 Å². The standard InChI is InChI=1S/C10H7ClN2O2/c11-9-6-7-10(12-13(9)14)15-8-4-2-1-3-5-8/h1-7H. The van der Waals surface area contributed by atoms with Gasteiger partial charge in [0.15, 0.2) is 0 Å². The van der Waals surface area contributed by atoms with Crippen LogP contribution in [0.5, 0.6) is 11.6 Å². The molecule has 0 atom stereocenters. The highest BCUT2D eigenvalue weighted by atomic mass is 35.5. The highest BCUT2D eigenvalue weighted by Crippen LogP contribution is 2.17. The van der Waals surface area contributed by atoms with E-state index in [2.05, 4.69) is 5.10 Å². The lowest BCUT2D eigenvalue weighted by Crippen LogP contribution is -2.32. The van der Waals surface area contributed by atoms with E-state index in [9.17, 15) is 5.21 Å². The van der Waals surface area contributed by atoms with Gasteiger partial charge in [-0.1, -0.05) is 18.2 Å². The van der Waals surface area contributed by atoms with Crippen molar-refractivity contribution in [2.45, 2.75) is 0 Å². The van der Waals surface area contributed by atoms with Crippen molar-refractivity contribution < 1.29 is 9.58 Å². The molecular formula is C10H7ClN2O2. The van der Waals surface area contributed by atoms with Gasteiger partial charge in [0.05, 0.1) is 5.10 Å². The van der Waals surface area contributed by atoms with Crippen molar-refractivity contribution in [1.29, 1.82) is 0 Å². The van der Waals surface area contributed by atoms with Gasteiger partial charge in [0.25, 0.3) is 5.88 Å². The number of aromatic nitrogens is 2. The Balaban J connectivity index is 2.22. The minimum atomic E-state index is 0.00964. The summed E-state index contributed by atoms with van der Waals surface area (Å²) in [6, 6.07) is 12.0. The molecule has 0 aliphatic heterocycles. The number of hydrogen-bond acceptors (Lipinski definition) is 3. The third-order valence-electron chi connectivity index (χ3n) is 1.70. The number of nitrogens with zero attached hydrogens (tertiary/aromatic N) is 2. The first-order valence-electron chi connectivity index (χ1n) is 4.25. The predicted molar refractivity (Wildman–Crippen MR) is 54.7 cm³/mol. The fourth-order valence-electron chi connectivity index (χ4n) is 1.04. The van der Waals surface area contributed by atoms with Crippen LogP contribution in [0.1, 0.15) is 0 Å². The predicted octanol–water partition coefficient (Wildman–Crippen LogP) is 2.16. The number of halogens is 1. The van der Waals surface area contributed by atoms with Crippen LogP contribution >= 0.6 is 11.6 Å². The van der Waals surface area contributed by atoms with E-state index in [1.165, 1.54) is 12.1 Å². The SMILES string of the molecule is [O-][n+]1nc(Oc2ccccc2)ccc1Cl. The molecule has 1 aromatic heterocycles. The van der Waals surface area contributed by atoms with E-state index in [1.807, 2.05) is 18.2 Å². The monoisotopic (exact) mass is 222 g/mol. The maximum absolute atomic E-state index is 11.0. The van der Waals surface area contributed by atoms with Crippen LogP contribution in [0.25, 0.3) is 0 Å². The minimum Gasteiger partial charge on any atom is -0.593 e. The molecule has 5 heteroatoms. The molecule has 0 radical (unpaired) electrons. The minimum absolute atomic E-state index is 0.00964. The van der Waals surface area contributed by atoms with Crippen LogP contribution in [-0.2, 0) is 0 Å². The summed E-state index contributed by atoms with van der Waals surface area (Å²) in [5.74, 6) is 0.827. The number of rotatable bonds is 2. The maximum Gasteiger partial charge on any atom is 0.313 e. The quantitative estimate of drug-likeness (QED) is 0.578. The highest BCUT2D eigenvalue weighted by molar-refractivity contribution is 6.28. The van der Waals surface area contributed by atoms with Crippen LogP contribution in [0.4, 0.5) is 0 Å². The Morgan fingerprint density at radius 2 is 1.87 bits per heavy atom. The van der Waals surface area contributed by atoms with Gasteiger partial charge in [-0.05, 0) is 28.6 Å². The first-order valence-corrected chi connectivity index (χ1v) is 4.63. The van der Waals surface area contributed by atoms with E-state index in [4.69, 9.17) is 16.3 Å². The van der Waals surface area contributed by atoms with Crippen LogP contribution in [0.3, 0.4) is 0 Å². The molecule has 0 N–H and O–H groups in total. The summed E-state index contributed by atoms with van der Waals surface area (Å²) < 4.78 is 5.32. The Bertz CT molecular complexity index is 462. The van der Waals surface area contributed by atoms with Gasteiger partial charge in [0.1, 0.15) is 5.75 Å². The second-order valence-electron chi connectivity index (χ2n) is 2.78. The molecule has 1 aromatic carbocycles. The molecule has 0 saturated carbocycles. The van der Waals surface area contributed by atoms with E-state index >= 15 is 0 Å². The average molecular weight is 223 g/mol. The number of benzene rings is 1. The van der Waals surface area contributed by atoms with E-state index in [0.29, 0.717) is 10.6 Å². The molecule has 0 saturated heterocycles. The van der Waals surface area contributed by atoms with Gasteiger partial charge in [0.2, 0.25) is 0 Å². The molecule has 2 aromatic rings. The molecule has 76 valence electrons. The zero-order chi connectivity index (χ0) is 10.7. The third kappa shape index (κ3) is 2.35. The van der Waals surface area contributed by atoms with Crippen molar-refractivity contribution in [3.8, 4) is 11.6 Å². The van der Waals surface area contributed by atoms with Gasteiger partial charge in [-0.15, -0.1) is 0 Å². The Hall–Kier alpha value is -1.81. The van der Waals surface area contributed by atoms with Crippen LogP contribution in [0.15, 0.2) is 42.5 Å². The van der Waals surface area contributed by atoms with Crippen LogP contribution < -0.4 is 9.58 Å². The van der Waals surface area contributed by atoms with Crippen molar-refractivity contribution in [3.63, 3.8) is 0 Å². The molecule has 0 spiro atoms. The summed E-state index contributed by atoms with van der Waals surface area (Å²) >= 11 is 5.52. The lowest BCUT2D eigenvalue weighted by atomic mass is 10.3. The highest BCUT2D eigenvalue weighted by Gasteiger charge is 2.06. The molecule has 0 bridgehead atoms. The Labute approximate surface area is 91.3 Å². The summed E-state index contributed by atoms with van der Waals surface area (Å²) in [5.41, 5.74) is 0. The molecule has 0 aliphatic rings. The lowest BCUT2D eigenvalue weighted by molar-refractivity contribution is -0.667. The van der Waals surface area contributed by atoms with E-state index in [1.54, 1.807) is 12.1 Å². The van der Waals surface area contributed by atoms with E-state index in [-0.39, 0.29) is 11.0 Å². The van der Waals surface area contributed by atoms with E-state index < -0.39 is 0 Å². The molecular weight excluding hydrogens is 216 g/mol. The fourth-order valence-corrected chi connectivity index (χ4v) is 1.14. The summed E-state index contributed by atoms with van der Waals surface area (Å²) in [6.07, 6.45) is 0. The van der Waals surface area contributed by atoms with Crippen LogP contribution in [-0.4, -0.2) is 5.10 Å². The first kappa shape index (κ1) is 9.73. The molecule has 15 heavy (non-hydrogen) atoms. The van der Waals surface area contributed by atoms with E-state index in [0.717, 1.165) is 0 Å². The zero-order valence-corrected chi connectivity index (χ0v) is 8.39. The second kappa shape index (κ2) is 4.14. The number of ether oxygens (including phenoxy) is 1. The summed E-state index contributed by atoms with van der Waals surface area (Å²) in [7, 11) is 0. The van der Waals surface area contributed by atoms with Crippen molar-refractivity contribution in [1.82, 2.24) is 5.10 Å². The molecule has 0 fully saturated rings. The largest absolute Gasteiger partial charge is 0.593 e. The van der Waals surface area contributed by atoms with Gasteiger partial charge in [-0.3, -0.25) is 0 Å². The molecule has 0 amide bonds. The lowest BCUT2D eigenvalue weighted by Gasteiger charge is -2.02. The second-order valence-corrected chi connectivity index (χ2v) is 3.17. The molecule has 0 unspecified atom stereocenters. The van der Waals surface area contributed by atoms with Gasteiger partial charge in [0, 0.05) is 12.1 Å². The van der Waals surface area contributed by atoms with Crippen molar-refractivity contribution in [3.05, 3.63) is 52.8 Å². The zero-order valence-electron chi connectivity index (χ0n) is 7.63. The number of para-hydroxylation sites is 1. The molecule has 4 nitrogen and oxygen atoms in total. The van der Waals surface area contributed by atoms with Gasteiger partial charge < -0.3 is 9.94 Å². The van der Waals surface area contributed by atoms with Crippen LogP contribution in [0, 0.1) is 5.21 Å². The summed E-state index contributed by atoms with van der Waals surface area (Å²) in [4.78, 5) is 0.305. The normalized spacial score (nSPS) is 9.93. The Kier molecular flexibility index (Phi) is 2.69. The summed E-state index contributed by atoms with van der Waals surface area (Å²) in [5, 5.41) is 14.6. The number of hydrogen-bond donors (Lipinski definition) is 0. The summed E-state index contributed by atoms with van der Waals surface area (Å²) in [6.45, 7) is 0. The Morgan fingerprint density at radius 3 is 2.53 bits per heavy atom. The maximum atomic E-state index is 11.0. The third-order valence-corrected chi connectivity index (χ3v) is 1.97.